The van der Waals surface area contributed by atoms with E-state index in [1.165, 1.54) is 16.9 Å². The molecule has 0 unspecified atom stereocenters. The summed E-state index contributed by atoms with van der Waals surface area (Å²) in [6.07, 6.45) is 0. The van der Waals surface area contributed by atoms with Gasteiger partial charge in [-0.05, 0) is 35.7 Å². The Labute approximate surface area is 111 Å². The molecule has 1 amide bonds. The van der Waals surface area contributed by atoms with E-state index in [4.69, 9.17) is 0 Å². The van der Waals surface area contributed by atoms with E-state index in [2.05, 4.69) is 17.6 Å². The Kier molecular flexibility index (Phi) is 4.50. The Bertz CT molecular complexity index is 508. The maximum atomic E-state index is 11.9. The summed E-state index contributed by atoms with van der Waals surface area (Å²) >= 11 is 1.44. The average Bonchev–Trinajstić information content (AvgIpc) is 2.91. The van der Waals surface area contributed by atoms with Gasteiger partial charge >= 0.3 is 0 Å². The number of anilines is 1. The van der Waals surface area contributed by atoms with Gasteiger partial charge in [0.15, 0.2) is 0 Å². The molecule has 18 heavy (non-hydrogen) atoms. The van der Waals surface area contributed by atoms with Gasteiger partial charge in [0.05, 0.1) is 4.88 Å². The molecule has 2 aromatic rings. The minimum atomic E-state index is -0.0504. The number of rotatable bonds is 5. The van der Waals surface area contributed by atoms with E-state index >= 15 is 0 Å². The Morgan fingerprint density at radius 3 is 2.89 bits per heavy atom. The third-order valence-electron chi connectivity index (χ3n) is 2.51. The van der Waals surface area contributed by atoms with E-state index in [1.54, 1.807) is 0 Å². The fourth-order valence-corrected chi connectivity index (χ4v) is 2.25. The highest BCUT2D eigenvalue weighted by molar-refractivity contribution is 7.12. The van der Waals surface area contributed by atoms with Crippen molar-refractivity contribution in [3.63, 3.8) is 0 Å². The zero-order valence-corrected chi connectivity index (χ0v) is 11.1. The first-order valence-electron chi connectivity index (χ1n) is 5.94. The molecule has 0 aliphatic rings. The summed E-state index contributed by atoms with van der Waals surface area (Å²) < 4.78 is 0. The molecular formula is C14H16N2OS. The van der Waals surface area contributed by atoms with E-state index in [-0.39, 0.29) is 5.91 Å². The number of amides is 1. The molecule has 2 rings (SSSR count). The van der Waals surface area contributed by atoms with Gasteiger partial charge in [0.25, 0.3) is 5.91 Å². The molecule has 2 N–H and O–H groups in total. The van der Waals surface area contributed by atoms with Gasteiger partial charge in [-0.1, -0.05) is 25.1 Å². The lowest BCUT2D eigenvalue weighted by molar-refractivity contribution is 0.103. The Morgan fingerprint density at radius 1 is 1.28 bits per heavy atom. The second-order valence-corrected chi connectivity index (χ2v) is 4.86. The number of carbonyl (C=O) groups excluding carboxylic acids is 1. The molecule has 0 atom stereocenters. The summed E-state index contributed by atoms with van der Waals surface area (Å²) in [6.45, 7) is 3.83. The lowest BCUT2D eigenvalue weighted by Gasteiger charge is -2.07. The van der Waals surface area contributed by atoms with Crippen LogP contribution in [0.1, 0.15) is 22.2 Å². The van der Waals surface area contributed by atoms with Crippen molar-refractivity contribution in [3.05, 3.63) is 52.2 Å². The number of benzene rings is 1. The van der Waals surface area contributed by atoms with Crippen molar-refractivity contribution in [1.82, 2.24) is 5.32 Å². The molecule has 0 spiro atoms. The van der Waals surface area contributed by atoms with Crippen molar-refractivity contribution in [3.8, 4) is 0 Å². The van der Waals surface area contributed by atoms with Crippen molar-refractivity contribution < 1.29 is 4.79 Å². The summed E-state index contributed by atoms with van der Waals surface area (Å²) in [7, 11) is 0. The van der Waals surface area contributed by atoms with E-state index in [0.29, 0.717) is 0 Å². The van der Waals surface area contributed by atoms with E-state index in [1.807, 2.05) is 41.8 Å². The second-order valence-electron chi connectivity index (χ2n) is 3.91. The Balaban J connectivity index is 2.03. The fraction of sp³-hybridized carbons (Fsp3) is 0.214. The Hall–Kier alpha value is -1.65. The van der Waals surface area contributed by atoms with Crippen LogP contribution < -0.4 is 10.6 Å². The van der Waals surface area contributed by atoms with E-state index in [0.717, 1.165) is 23.7 Å². The molecule has 0 radical (unpaired) electrons. The molecule has 1 heterocycles. The van der Waals surface area contributed by atoms with Crippen LogP contribution in [0.25, 0.3) is 0 Å². The van der Waals surface area contributed by atoms with Crippen LogP contribution in [0, 0.1) is 0 Å². The molecule has 1 aromatic heterocycles. The topological polar surface area (TPSA) is 41.1 Å². The molecule has 3 nitrogen and oxygen atoms in total. The Morgan fingerprint density at radius 2 is 2.17 bits per heavy atom. The summed E-state index contributed by atoms with van der Waals surface area (Å²) in [5.41, 5.74) is 2.00. The minimum Gasteiger partial charge on any atom is -0.321 e. The lowest BCUT2D eigenvalue weighted by atomic mass is 10.2. The highest BCUT2D eigenvalue weighted by Gasteiger charge is 2.06. The van der Waals surface area contributed by atoms with Crippen LogP contribution in [0.4, 0.5) is 5.69 Å². The second kappa shape index (κ2) is 6.33. The predicted molar refractivity (Wildman–Crippen MR) is 76.1 cm³/mol. The molecule has 0 aliphatic carbocycles. The van der Waals surface area contributed by atoms with E-state index < -0.39 is 0 Å². The van der Waals surface area contributed by atoms with E-state index in [9.17, 15) is 4.79 Å². The molecular weight excluding hydrogens is 244 g/mol. The smallest absolute Gasteiger partial charge is 0.265 e. The van der Waals surface area contributed by atoms with Crippen molar-refractivity contribution >= 4 is 22.9 Å². The van der Waals surface area contributed by atoms with Gasteiger partial charge in [0, 0.05) is 12.2 Å². The first-order chi connectivity index (χ1) is 8.79. The molecule has 1 aromatic carbocycles. The number of nitrogens with one attached hydrogen (secondary N) is 2. The maximum Gasteiger partial charge on any atom is 0.265 e. The van der Waals surface area contributed by atoms with Crippen LogP contribution in [0.5, 0.6) is 0 Å². The van der Waals surface area contributed by atoms with Gasteiger partial charge in [-0.25, -0.2) is 0 Å². The highest BCUT2D eigenvalue weighted by atomic mass is 32.1. The van der Waals surface area contributed by atoms with Crippen LogP contribution in [0.15, 0.2) is 41.8 Å². The quantitative estimate of drug-likeness (QED) is 0.867. The van der Waals surface area contributed by atoms with Gasteiger partial charge in [-0.2, -0.15) is 0 Å². The summed E-state index contributed by atoms with van der Waals surface area (Å²) in [5.74, 6) is -0.0504. The van der Waals surface area contributed by atoms with Crippen molar-refractivity contribution in [2.45, 2.75) is 13.5 Å². The first kappa shape index (κ1) is 12.8. The average molecular weight is 260 g/mol. The number of hydrogen-bond acceptors (Lipinski definition) is 3. The SMILES string of the molecule is CCNCc1cccc(NC(=O)c2cccs2)c1. The normalized spacial score (nSPS) is 10.3. The molecule has 94 valence electrons. The minimum absolute atomic E-state index is 0.0504. The zero-order valence-electron chi connectivity index (χ0n) is 10.3. The molecule has 0 saturated heterocycles. The van der Waals surface area contributed by atoms with Crippen LogP contribution in [-0.2, 0) is 6.54 Å². The molecule has 0 fully saturated rings. The van der Waals surface area contributed by atoms with Crippen LogP contribution in [0.3, 0.4) is 0 Å². The predicted octanol–water partition coefficient (Wildman–Crippen LogP) is 3.11. The van der Waals surface area contributed by atoms with Gasteiger partial charge in [0.1, 0.15) is 0 Å². The van der Waals surface area contributed by atoms with Crippen molar-refractivity contribution in [2.24, 2.45) is 0 Å². The van der Waals surface area contributed by atoms with Crippen molar-refractivity contribution in [1.29, 1.82) is 0 Å². The maximum absolute atomic E-state index is 11.9. The molecule has 4 heteroatoms. The van der Waals surface area contributed by atoms with Gasteiger partial charge in [0.2, 0.25) is 0 Å². The summed E-state index contributed by atoms with van der Waals surface area (Å²) in [6, 6.07) is 11.6. The third kappa shape index (κ3) is 3.42. The van der Waals surface area contributed by atoms with Gasteiger partial charge in [-0.3, -0.25) is 4.79 Å². The van der Waals surface area contributed by atoms with Crippen LogP contribution in [-0.4, -0.2) is 12.5 Å². The fourth-order valence-electron chi connectivity index (χ4n) is 1.63. The first-order valence-corrected chi connectivity index (χ1v) is 6.82. The third-order valence-corrected chi connectivity index (χ3v) is 3.38. The molecule has 0 bridgehead atoms. The summed E-state index contributed by atoms with van der Waals surface area (Å²) in [4.78, 5) is 12.6. The standard InChI is InChI=1S/C14H16N2OS/c1-2-15-10-11-5-3-6-12(9-11)16-14(17)13-7-4-8-18-13/h3-9,15H,2,10H2,1H3,(H,16,17). The van der Waals surface area contributed by atoms with Gasteiger partial charge in [-0.15, -0.1) is 11.3 Å². The number of hydrogen-bond donors (Lipinski definition) is 2. The largest absolute Gasteiger partial charge is 0.321 e. The highest BCUT2D eigenvalue weighted by Crippen LogP contribution is 2.14. The zero-order chi connectivity index (χ0) is 12.8. The van der Waals surface area contributed by atoms with Crippen molar-refractivity contribution in [2.75, 3.05) is 11.9 Å². The molecule has 0 aliphatic heterocycles. The van der Waals surface area contributed by atoms with Gasteiger partial charge < -0.3 is 10.6 Å². The van der Waals surface area contributed by atoms with Crippen LogP contribution >= 0.6 is 11.3 Å². The lowest BCUT2D eigenvalue weighted by Crippen LogP contribution is -2.13. The summed E-state index contributed by atoms with van der Waals surface area (Å²) in [5, 5.41) is 8.07. The van der Waals surface area contributed by atoms with Crippen LogP contribution in [0.2, 0.25) is 0 Å². The monoisotopic (exact) mass is 260 g/mol. The number of thiophene rings is 1. The number of carbonyl (C=O) groups is 1. The molecule has 0 saturated carbocycles.